The van der Waals surface area contributed by atoms with Crippen LogP contribution in [-0.4, -0.2) is 20.9 Å². The third-order valence-corrected chi connectivity index (χ3v) is 1.98. The molecule has 1 aromatic rings. The maximum Gasteiger partial charge on any atom is 0.273 e. The highest BCUT2D eigenvalue weighted by molar-refractivity contribution is 5.94. The molecule has 0 aliphatic heterocycles. The molecule has 0 fully saturated rings. The van der Waals surface area contributed by atoms with Gasteiger partial charge in [0.25, 0.3) is 5.91 Å². The van der Waals surface area contributed by atoms with Crippen LogP contribution < -0.4 is 11.5 Å². The van der Waals surface area contributed by atoms with Gasteiger partial charge in [-0.2, -0.15) is 0 Å². The molecule has 4 N–H and O–H groups in total. The molecule has 0 saturated carbocycles. The summed E-state index contributed by atoms with van der Waals surface area (Å²) in [5, 5.41) is 7.36. The Morgan fingerprint density at radius 2 is 2.21 bits per heavy atom. The predicted molar refractivity (Wildman–Crippen MR) is 52.5 cm³/mol. The maximum atomic E-state index is 10.8. The van der Waals surface area contributed by atoms with Gasteiger partial charge in [-0.05, 0) is 6.42 Å². The van der Waals surface area contributed by atoms with E-state index in [0.717, 1.165) is 19.3 Å². The summed E-state index contributed by atoms with van der Waals surface area (Å²) in [6.07, 6.45) is 3.20. The van der Waals surface area contributed by atoms with Crippen LogP contribution >= 0.6 is 0 Å². The van der Waals surface area contributed by atoms with Gasteiger partial charge in [-0.25, -0.2) is 4.68 Å². The first-order chi connectivity index (χ1) is 6.66. The number of amides is 1. The molecule has 0 spiro atoms. The average Bonchev–Trinajstić information content (AvgIpc) is 2.48. The van der Waals surface area contributed by atoms with E-state index in [4.69, 9.17) is 11.5 Å². The molecule has 0 saturated heterocycles. The zero-order chi connectivity index (χ0) is 10.6. The van der Waals surface area contributed by atoms with E-state index in [2.05, 4.69) is 17.2 Å². The van der Waals surface area contributed by atoms with Crippen LogP contribution in [0.1, 0.15) is 36.7 Å². The minimum Gasteiger partial charge on any atom is -0.382 e. The van der Waals surface area contributed by atoms with Crippen molar-refractivity contribution in [3.8, 4) is 0 Å². The number of anilines is 1. The first-order valence-corrected chi connectivity index (χ1v) is 4.65. The second kappa shape index (κ2) is 4.59. The van der Waals surface area contributed by atoms with Gasteiger partial charge < -0.3 is 11.5 Å². The Bertz CT molecular complexity index is 320. The Balaban J connectivity index is 2.65. The third kappa shape index (κ3) is 2.21. The number of nitrogens with two attached hydrogens (primary N) is 2. The van der Waals surface area contributed by atoms with E-state index in [0.29, 0.717) is 6.54 Å². The van der Waals surface area contributed by atoms with Crippen molar-refractivity contribution < 1.29 is 4.79 Å². The standard InChI is InChI=1S/C8H15N5O/c1-2-3-4-5-13-7(9)6(8(10)14)11-12-13/h2-5,9H2,1H3,(H2,10,14). The predicted octanol–water partition coefficient (Wildman–Crippen LogP) is 0.149. The molecule has 0 aliphatic rings. The molecule has 1 heterocycles. The highest BCUT2D eigenvalue weighted by Crippen LogP contribution is 2.08. The Kier molecular flexibility index (Phi) is 3.44. The molecule has 0 unspecified atom stereocenters. The molecule has 0 atom stereocenters. The lowest BCUT2D eigenvalue weighted by molar-refractivity contribution is 0.0996. The van der Waals surface area contributed by atoms with E-state index in [1.807, 2.05) is 0 Å². The molecule has 14 heavy (non-hydrogen) atoms. The summed E-state index contributed by atoms with van der Waals surface area (Å²) in [4.78, 5) is 10.8. The number of aryl methyl sites for hydroxylation is 1. The van der Waals surface area contributed by atoms with Crippen molar-refractivity contribution in [2.45, 2.75) is 32.7 Å². The molecule has 78 valence electrons. The fraction of sp³-hybridized carbons (Fsp3) is 0.625. The Morgan fingerprint density at radius 3 is 2.71 bits per heavy atom. The monoisotopic (exact) mass is 197 g/mol. The molecule has 0 radical (unpaired) electrons. The van der Waals surface area contributed by atoms with Gasteiger partial charge in [-0.3, -0.25) is 4.79 Å². The van der Waals surface area contributed by atoms with Crippen LogP contribution in [0.25, 0.3) is 0 Å². The second-order valence-electron chi connectivity index (χ2n) is 3.12. The molecule has 6 nitrogen and oxygen atoms in total. The number of nitrogen functional groups attached to an aromatic ring is 1. The molecular formula is C8H15N5O. The zero-order valence-corrected chi connectivity index (χ0v) is 8.23. The third-order valence-electron chi connectivity index (χ3n) is 1.98. The van der Waals surface area contributed by atoms with Crippen LogP contribution in [-0.2, 0) is 6.54 Å². The molecule has 1 amide bonds. The summed E-state index contributed by atoms with van der Waals surface area (Å²) >= 11 is 0. The summed E-state index contributed by atoms with van der Waals surface area (Å²) in [5.74, 6) is -0.377. The lowest BCUT2D eigenvalue weighted by Gasteiger charge is -2.01. The van der Waals surface area contributed by atoms with Crippen molar-refractivity contribution in [2.75, 3.05) is 5.73 Å². The quantitative estimate of drug-likeness (QED) is 0.656. The lowest BCUT2D eigenvalue weighted by Crippen LogP contribution is -2.14. The number of nitrogens with zero attached hydrogens (tertiary/aromatic N) is 3. The molecule has 1 rings (SSSR count). The molecular weight excluding hydrogens is 182 g/mol. The van der Waals surface area contributed by atoms with E-state index in [9.17, 15) is 4.79 Å². The second-order valence-corrected chi connectivity index (χ2v) is 3.12. The number of carbonyl (C=O) groups excluding carboxylic acids is 1. The Labute approximate surface area is 82.3 Å². The van der Waals surface area contributed by atoms with E-state index in [-0.39, 0.29) is 11.5 Å². The van der Waals surface area contributed by atoms with Crippen molar-refractivity contribution in [3.05, 3.63) is 5.69 Å². The minimum absolute atomic E-state index is 0.0569. The first-order valence-electron chi connectivity index (χ1n) is 4.65. The fourth-order valence-corrected chi connectivity index (χ4v) is 1.17. The highest BCUT2D eigenvalue weighted by Gasteiger charge is 2.13. The van der Waals surface area contributed by atoms with Gasteiger partial charge in [-0.1, -0.05) is 25.0 Å². The van der Waals surface area contributed by atoms with Gasteiger partial charge in [0.05, 0.1) is 0 Å². The normalized spacial score (nSPS) is 10.4. The van der Waals surface area contributed by atoms with Crippen molar-refractivity contribution in [1.29, 1.82) is 0 Å². The van der Waals surface area contributed by atoms with Crippen molar-refractivity contribution in [1.82, 2.24) is 15.0 Å². The number of hydrogen-bond donors (Lipinski definition) is 2. The van der Waals surface area contributed by atoms with E-state index in [1.54, 1.807) is 0 Å². The smallest absolute Gasteiger partial charge is 0.273 e. The van der Waals surface area contributed by atoms with Crippen LogP contribution in [0.5, 0.6) is 0 Å². The van der Waals surface area contributed by atoms with Gasteiger partial charge in [0, 0.05) is 6.54 Å². The number of unbranched alkanes of at least 4 members (excludes halogenated alkanes) is 2. The van der Waals surface area contributed by atoms with Gasteiger partial charge in [-0.15, -0.1) is 5.10 Å². The number of hydrogen-bond acceptors (Lipinski definition) is 4. The van der Waals surface area contributed by atoms with Crippen LogP contribution in [0.3, 0.4) is 0 Å². The number of aromatic nitrogens is 3. The van der Waals surface area contributed by atoms with Crippen LogP contribution in [0, 0.1) is 0 Å². The largest absolute Gasteiger partial charge is 0.382 e. The molecule has 6 heteroatoms. The van der Waals surface area contributed by atoms with E-state index < -0.39 is 5.91 Å². The van der Waals surface area contributed by atoms with E-state index in [1.165, 1.54) is 4.68 Å². The molecule has 0 bridgehead atoms. The maximum absolute atomic E-state index is 10.8. The van der Waals surface area contributed by atoms with Gasteiger partial charge >= 0.3 is 0 Å². The summed E-state index contributed by atoms with van der Waals surface area (Å²) < 4.78 is 1.51. The summed E-state index contributed by atoms with van der Waals surface area (Å²) in [6, 6.07) is 0. The van der Waals surface area contributed by atoms with Gasteiger partial charge in [0.2, 0.25) is 0 Å². The van der Waals surface area contributed by atoms with Crippen LogP contribution in [0.15, 0.2) is 0 Å². The summed E-state index contributed by atoms with van der Waals surface area (Å²) in [6.45, 7) is 2.79. The fourth-order valence-electron chi connectivity index (χ4n) is 1.17. The highest BCUT2D eigenvalue weighted by atomic mass is 16.1. The van der Waals surface area contributed by atoms with Crippen molar-refractivity contribution in [3.63, 3.8) is 0 Å². The zero-order valence-electron chi connectivity index (χ0n) is 8.23. The lowest BCUT2D eigenvalue weighted by atomic mass is 10.2. The van der Waals surface area contributed by atoms with Crippen LogP contribution in [0.4, 0.5) is 5.82 Å². The summed E-state index contributed by atoms with van der Waals surface area (Å²) in [7, 11) is 0. The number of rotatable bonds is 5. The molecule has 0 aromatic carbocycles. The van der Waals surface area contributed by atoms with Crippen molar-refractivity contribution in [2.24, 2.45) is 5.73 Å². The van der Waals surface area contributed by atoms with Crippen molar-refractivity contribution >= 4 is 11.7 Å². The summed E-state index contributed by atoms with van der Waals surface area (Å²) in [5.41, 5.74) is 10.7. The first kappa shape index (κ1) is 10.5. The Morgan fingerprint density at radius 1 is 1.50 bits per heavy atom. The van der Waals surface area contributed by atoms with E-state index >= 15 is 0 Å². The number of primary amides is 1. The van der Waals surface area contributed by atoms with Gasteiger partial charge in [0.15, 0.2) is 11.5 Å². The van der Waals surface area contributed by atoms with Gasteiger partial charge in [0.1, 0.15) is 0 Å². The Hall–Kier alpha value is -1.59. The number of carbonyl (C=O) groups is 1. The topological polar surface area (TPSA) is 99.8 Å². The SMILES string of the molecule is CCCCCn1nnc(C(N)=O)c1N. The molecule has 0 aliphatic carbocycles. The average molecular weight is 197 g/mol. The minimum atomic E-state index is -0.635. The van der Waals surface area contributed by atoms with Crippen LogP contribution in [0.2, 0.25) is 0 Å². The molecule has 1 aromatic heterocycles.